The van der Waals surface area contributed by atoms with Gasteiger partial charge in [0.2, 0.25) is 10.0 Å². The van der Waals surface area contributed by atoms with Crippen LogP contribution in [0.15, 0.2) is 11.0 Å². The van der Waals surface area contributed by atoms with E-state index < -0.39 is 10.0 Å². The van der Waals surface area contributed by atoms with Crippen molar-refractivity contribution in [2.75, 3.05) is 6.54 Å². The molecule has 1 aromatic rings. The zero-order valence-corrected chi connectivity index (χ0v) is 14.0. The monoisotopic (exact) mass is 311 g/mol. The number of aryl methyl sites for hydroxylation is 2. The Morgan fingerprint density at radius 1 is 1.14 bits per heavy atom. The first-order valence-corrected chi connectivity index (χ1v) is 8.96. The summed E-state index contributed by atoms with van der Waals surface area (Å²) in [6, 6.07) is 2.02. The number of hydrogen-bond acceptors (Lipinski definition) is 3. The van der Waals surface area contributed by atoms with Gasteiger partial charge in [0.05, 0.1) is 11.0 Å². The van der Waals surface area contributed by atoms with E-state index in [4.69, 9.17) is 0 Å². The van der Waals surface area contributed by atoms with Crippen LogP contribution in [0.5, 0.6) is 0 Å². The highest BCUT2D eigenvalue weighted by atomic mass is 32.2. The highest BCUT2D eigenvalue weighted by Gasteiger charge is 2.26. The van der Waals surface area contributed by atoms with Gasteiger partial charge in [-0.05, 0) is 75.1 Å². The fourth-order valence-electron chi connectivity index (χ4n) is 3.12. The van der Waals surface area contributed by atoms with Gasteiger partial charge >= 0.3 is 0 Å². The number of benzene rings is 1. The Bertz CT molecular complexity index is 611. The van der Waals surface area contributed by atoms with Crippen LogP contribution in [0, 0.1) is 33.6 Å². The molecule has 0 spiro atoms. The summed E-state index contributed by atoms with van der Waals surface area (Å²) < 4.78 is 28.0. The molecule has 4 nitrogen and oxygen atoms in total. The lowest BCUT2D eigenvalue weighted by Gasteiger charge is -2.17. The second-order valence-electron chi connectivity index (χ2n) is 6.27. The van der Waals surface area contributed by atoms with E-state index in [9.17, 15) is 13.5 Å². The SMILES string of the molecule is Cc1cc(C)c(C)c(S(=O)(=O)NCC2CCC(O)C2)c1C. The summed E-state index contributed by atoms with van der Waals surface area (Å²) in [5, 5.41) is 9.53. The molecule has 21 heavy (non-hydrogen) atoms. The number of rotatable bonds is 4. The Kier molecular flexibility index (Phi) is 4.76. The summed E-state index contributed by atoms with van der Waals surface area (Å²) in [4.78, 5) is 0.415. The van der Waals surface area contributed by atoms with E-state index in [1.807, 2.05) is 33.8 Å². The summed E-state index contributed by atoms with van der Waals surface area (Å²) in [6.07, 6.45) is 2.07. The average molecular weight is 311 g/mol. The molecule has 1 aromatic carbocycles. The van der Waals surface area contributed by atoms with E-state index in [1.54, 1.807) is 0 Å². The van der Waals surface area contributed by atoms with Gasteiger partial charge in [-0.3, -0.25) is 0 Å². The highest BCUT2D eigenvalue weighted by Crippen LogP contribution is 2.28. The maximum Gasteiger partial charge on any atom is 0.241 e. The van der Waals surface area contributed by atoms with Crippen molar-refractivity contribution < 1.29 is 13.5 Å². The van der Waals surface area contributed by atoms with Crippen LogP contribution in [0.4, 0.5) is 0 Å². The molecule has 1 fully saturated rings. The van der Waals surface area contributed by atoms with Crippen LogP contribution in [-0.2, 0) is 10.0 Å². The van der Waals surface area contributed by atoms with Crippen LogP contribution in [0.1, 0.15) is 41.5 Å². The zero-order valence-electron chi connectivity index (χ0n) is 13.2. The summed E-state index contributed by atoms with van der Waals surface area (Å²) in [7, 11) is -3.50. The van der Waals surface area contributed by atoms with Crippen molar-refractivity contribution >= 4 is 10.0 Å². The highest BCUT2D eigenvalue weighted by molar-refractivity contribution is 7.89. The van der Waals surface area contributed by atoms with Crippen molar-refractivity contribution in [3.8, 4) is 0 Å². The maximum atomic E-state index is 12.6. The molecule has 0 bridgehead atoms. The van der Waals surface area contributed by atoms with Gasteiger partial charge in [0.1, 0.15) is 0 Å². The second kappa shape index (κ2) is 6.07. The number of aliphatic hydroxyl groups excluding tert-OH is 1. The number of sulfonamides is 1. The third-order valence-electron chi connectivity index (χ3n) is 4.64. The molecular formula is C16H25NO3S. The lowest BCUT2D eigenvalue weighted by Crippen LogP contribution is -2.30. The molecule has 0 heterocycles. The van der Waals surface area contributed by atoms with Gasteiger partial charge in [0.25, 0.3) is 0 Å². The van der Waals surface area contributed by atoms with Crippen molar-refractivity contribution in [3.05, 3.63) is 28.3 Å². The van der Waals surface area contributed by atoms with E-state index in [1.165, 1.54) is 0 Å². The van der Waals surface area contributed by atoms with Crippen molar-refractivity contribution in [2.45, 2.75) is 58.0 Å². The minimum absolute atomic E-state index is 0.237. The van der Waals surface area contributed by atoms with Gasteiger partial charge in [0, 0.05) is 6.54 Å². The molecule has 118 valence electrons. The summed E-state index contributed by atoms with van der Waals surface area (Å²) >= 11 is 0. The first-order chi connectivity index (χ1) is 9.72. The summed E-state index contributed by atoms with van der Waals surface area (Å²) in [5.74, 6) is 0.237. The molecule has 2 atom stereocenters. The van der Waals surface area contributed by atoms with Crippen LogP contribution < -0.4 is 4.72 Å². The molecule has 5 heteroatoms. The standard InChI is InChI=1S/C16H25NO3S/c1-10-7-11(2)13(4)16(12(10)3)21(19,20)17-9-14-5-6-15(18)8-14/h7,14-15,17-18H,5-6,8-9H2,1-4H3. The Morgan fingerprint density at radius 3 is 2.19 bits per heavy atom. The Balaban J connectivity index is 2.24. The maximum absolute atomic E-state index is 12.6. The topological polar surface area (TPSA) is 66.4 Å². The van der Waals surface area contributed by atoms with Crippen LogP contribution >= 0.6 is 0 Å². The van der Waals surface area contributed by atoms with Crippen molar-refractivity contribution in [1.29, 1.82) is 0 Å². The van der Waals surface area contributed by atoms with E-state index in [2.05, 4.69) is 4.72 Å². The van der Waals surface area contributed by atoms with Crippen LogP contribution in [0.2, 0.25) is 0 Å². The predicted molar refractivity (Wildman–Crippen MR) is 83.9 cm³/mol. The molecule has 0 radical (unpaired) electrons. The number of nitrogens with one attached hydrogen (secondary N) is 1. The van der Waals surface area contributed by atoms with E-state index >= 15 is 0 Å². The first kappa shape index (κ1) is 16.5. The summed E-state index contributed by atoms with van der Waals surface area (Å²) in [5.41, 5.74) is 3.62. The predicted octanol–water partition coefficient (Wildman–Crippen LogP) is 2.36. The molecule has 1 aliphatic carbocycles. The Morgan fingerprint density at radius 2 is 1.71 bits per heavy atom. The molecule has 0 amide bonds. The van der Waals surface area contributed by atoms with Gasteiger partial charge in [-0.1, -0.05) is 6.07 Å². The minimum Gasteiger partial charge on any atom is -0.393 e. The van der Waals surface area contributed by atoms with Gasteiger partial charge in [-0.2, -0.15) is 0 Å². The molecule has 2 unspecified atom stereocenters. The van der Waals surface area contributed by atoms with Crippen LogP contribution in [0.3, 0.4) is 0 Å². The van der Waals surface area contributed by atoms with E-state index in [0.717, 1.165) is 35.1 Å². The molecule has 0 saturated heterocycles. The fourth-order valence-corrected chi connectivity index (χ4v) is 4.85. The van der Waals surface area contributed by atoms with Gasteiger partial charge in [-0.15, -0.1) is 0 Å². The van der Waals surface area contributed by atoms with Gasteiger partial charge in [0.15, 0.2) is 0 Å². The van der Waals surface area contributed by atoms with E-state index in [-0.39, 0.29) is 12.0 Å². The van der Waals surface area contributed by atoms with Crippen LogP contribution in [-0.4, -0.2) is 26.2 Å². The molecule has 2 N–H and O–H groups in total. The molecule has 1 aliphatic rings. The number of hydrogen-bond donors (Lipinski definition) is 2. The zero-order chi connectivity index (χ0) is 15.8. The Hall–Kier alpha value is -0.910. The van der Waals surface area contributed by atoms with Crippen LogP contribution in [0.25, 0.3) is 0 Å². The lowest BCUT2D eigenvalue weighted by molar-refractivity contribution is 0.178. The van der Waals surface area contributed by atoms with E-state index in [0.29, 0.717) is 17.9 Å². The molecule has 1 saturated carbocycles. The third kappa shape index (κ3) is 3.47. The van der Waals surface area contributed by atoms with Crippen molar-refractivity contribution in [3.63, 3.8) is 0 Å². The molecule has 0 aromatic heterocycles. The molecular weight excluding hydrogens is 286 g/mol. The lowest BCUT2D eigenvalue weighted by atomic mass is 10.0. The van der Waals surface area contributed by atoms with Gasteiger partial charge < -0.3 is 5.11 Å². The van der Waals surface area contributed by atoms with Gasteiger partial charge in [-0.25, -0.2) is 13.1 Å². The first-order valence-electron chi connectivity index (χ1n) is 7.47. The minimum atomic E-state index is -3.50. The average Bonchev–Trinajstić information content (AvgIpc) is 2.80. The smallest absolute Gasteiger partial charge is 0.241 e. The second-order valence-corrected chi connectivity index (χ2v) is 7.98. The fraction of sp³-hybridized carbons (Fsp3) is 0.625. The third-order valence-corrected chi connectivity index (χ3v) is 6.34. The normalized spacial score (nSPS) is 22.7. The molecule has 0 aliphatic heterocycles. The van der Waals surface area contributed by atoms with Crippen molar-refractivity contribution in [1.82, 2.24) is 4.72 Å². The number of aliphatic hydroxyl groups is 1. The summed E-state index contributed by atoms with van der Waals surface area (Å²) in [6.45, 7) is 8.00. The Labute approximate surface area is 127 Å². The largest absolute Gasteiger partial charge is 0.393 e. The van der Waals surface area contributed by atoms with Crippen molar-refractivity contribution in [2.24, 2.45) is 5.92 Å². The quantitative estimate of drug-likeness (QED) is 0.897. The molecule has 2 rings (SSSR count).